The molecular formula is C19H21ClN4O6. The highest BCUT2D eigenvalue weighted by atomic mass is 35.5. The second-order valence-electron chi connectivity index (χ2n) is 6.70. The molecule has 2 heterocycles. The number of benzene rings is 1. The molecule has 0 saturated carbocycles. The van der Waals surface area contributed by atoms with Crippen molar-refractivity contribution in [1.82, 2.24) is 15.5 Å². The number of halogens is 1. The third-order valence-corrected chi connectivity index (χ3v) is 4.96. The fourth-order valence-corrected chi connectivity index (χ4v) is 3.43. The summed E-state index contributed by atoms with van der Waals surface area (Å²) in [5.41, 5.74) is 0.862. The van der Waals surface area contributed by atoms with Crippen molar-refractivity contribution in [3.05, 3.63) is 29.3 Å². The van der Waals surface area contributed by atoms with Crippen LogP contribution in [0.25, 0.3) is 0 Å². The molecule has 5 amide bonds. The Hall–Kier alpha value is -2.98. The molecule has 0 bridgehead atoms. The minimum atomic E-state index is -1.01. The Labute approximate surface area is 177 Å². The first-order valence-electron chi connectivity index (χ1n) is 9.43. The smallest absolute Gasteiger partial charge is 0.264 e. The van der Waals surface area contributed by atoms with Crippen molar-refractivity contribution in [3.8, 4) is 0 Å². The number of hydrogen-bond donors (Lipinski definition) is 3. The van der Waals surface area contributed by atoms with Crippen LogP contribution in [0.15, 0.2) is 18.2 Å². The second kappa shape index (κ2) is 9.68. The molecular weight excluding hydrogens is 416 g/mol. The molecule has 0 spiro atoms. The molecule has 10 nitrogen and oxygen atoms in total. The summed E-state index contributed by atoms with van der Waals surface area (Å²) in [5.74, 6) is -2.58. The first kappa shape index (κ1) is 21.7. The van der Waals surface area contributed by atoms with E-state index in [0.717, 1.165) is 4.90 Å². The van der Waals surface area contributed by atoms with Gasteiger partial charge in [0.25, 0.3) is 11.8 Å². The minimum absolute atomic E-state index is 0.0671. The van der Waals surface area contributed by atoms with Crippen molar-refractivity contribution in [3.63, 3.8) is 0 Å². The van der Waals surface area contributed by atoms with Gasteiger partial charge in [-0.15, -0.1) is 11.6 Å². The van der Waals surface area contributed by atoms with Gasteiger partial charge in [0.2, 0.25) is 17.7 Å². The van der Waals surface area contributed by atoms with Gasteiger partial charge in [-0.2, -0.15) is 0 Å². The number of amides is 5. The van der Waals surface area contributed by atoms with Gasteiger partial charge in [0.1, 0.15) is 11.9 Å². The lowest BCUT2D eigenvalue weighted by atomic mass is 10.0. The summed E-state index contributed by atoms with van der Waals surface area (Å²) in [6.45, 7) is 1.30. The average Bonchev–Trinajstić information content (AvgIpc) is 2.98. The van der Waals surface area contributed by atoms with Crippen LogP contribution in [0.1, 0.15) is 33.6 Å². The van der Waals surface area contributed by atoms with E-state index in [-0.39, 0.29) is 35.8 Å². The van der Waals surface area contributed by atoms with Crippen molar-refractivity contribution >= 4 is 46.8 Å². The molecule has 0 aliphatic carbocycles. The third-order valence-electron chi connectivity index (χ3n) is 4.72. The lowest BCUT2D eigenvalue weighted by molar-refractivity contribution is -0.136. The summed E-state index contributed by atoms with van der Waals surface area (Å²) < 4.78 is 5.39. The number of nitrogens with zero attached hydrogens (tertiary/aromatic N) is 1. The molecule has 3 rings (SSSR count). The maximum atomic E-state index is 12.9. The van der Waals surface area contributed by atoms with Gasteiger partial charge < -0.3 is 15.4 Å². The van der Waals surface area contributed by atoms with Crippen LogP contribution >= 0.6 is 11.6 Å². The number of carbonyl (C=O) groups is 5. The summed E-state index contributed by atoms with van der Waals surface area (Å²) in [4.78, 5) is 61.1. The molecule has 1 saturated heterocycles. The predicted molar refractivity (Wildman–Crippen MR) is 106 cm³/mol. The van der Waals surface area contributed by atoms with Crippen LogP contribution in [0.5, 0.6) is 0 Å². The number of imide groups is 2. The van der Waals surface area contributed by atoms with Crippen molar-refractivity contribution in [2.45, 2.75) is 18.9 Å². The molecule has 3 N–H and O–H groups in total. The molecule has 11 heteroatoms. The number of rotatable bonds is 9. The highest BCUT2D eigenvalue weighted by Crippen LogP contribution is 2.32. The summed E-state index contributed by atoms with van der Waals surface area (Å²) in [6, 6.07) is 3.83. The van der Waals surface area contributed by atoms with Crippen LogP contribution in [-0.4, -0.2) is 72.7 Å². The third kappa shape index (κ3) is 4.60. The Morgan fingerprint density at radius 3 is 2.67 bits per heavy atom. The van der Waals surface area contributed by atoms with E-state index in [1.165, 1.54) is 6.07 Å². The molecule has 1 atom stereocenters. The molecule has 1 aromatic carbocycles. The van der Waals surface area contributed by atoms with Crippen LogP contribution in [0.4, 0.5) is 5.69 Å². The van der Waals surface area contributed by atoms with E-state index in [2.05, 4.69) is 16.0 Å². The van der Waals surface area contributed by atoms with Crippen LogP contribution in [-0.2, 0) is 19.1 Å². The van der Waals surface area contributed by atoms with Gasteiger partial charge in [-0.3, -0.25) is 34.2 Å². The molecule has 1 aromatic rings. The van der Waals surface area contributed by atoms with E-state index in [9.17, 15) is 24.0 Å². The zero-order chi connectivity index (χ0) is 21.7. The Bertz CT molecular complexity index is 890. The van der Waals surface area contributed by atoms with E-state index in [1.807, 2.05) is 0 Å². The summed E-state index contributed by atoms with van der Waals surface area (Å²) in [6.07, 6.45) is 0.171. The second-order valence-corrected chi connectivity index (χ2v) is 6.97. The first-order valence-corrected chi connectivity index (χ1v) is 9.96. The van der Waals surface area contributed by atoms with Crippen molar-refractivity contribution in [1.29, 1.82) is 0 Å². The summed E-state index contributed by atoms with van der Waals surface area (Å²) in [7, 11) is 0. The zero-order valence-corrected chi connectivity index (χ0v) is 16.8. The van der Waals surface area contributed by atoms with E-state index in [0.29, 0.717) is 32.0 Å². The monoisotopic (exact) mass is 436 g/mol. The quantitative estimate of drug-likeness (QED) is 0.279. The fourth-order valence-electron chi connectivity index (χ4n) is 3.33. The molecule has 2 aliphatic rings. The van der Waals surface area contributed by atoms with Crippen LogP contribution in [0.2, 0.25) is 0 Å². The number of nitrogens with one attached hydrogen (secondary N) is 3. The highest BCUT2D eigenvalue weighted by Gasteiger charge is 2.45. The Morgan fingerprint density at radius 1 is 1.17 bits per heavy atom. The maximum absolute atomic E-state index is 12.9. The zero-order valence-electron chi connectivity index (χ0n) is 16.0. The van der Waals surface area contributed by atoms with Crippen molar-refractivity contribution < 1.29 is 28.7 Å². The number of fused-ring (bicyclic) bond motifs is 1. The van der Waals surface area contributed by atoms with Gasteiger partial charge in [-0.05, 0) is 18.6 Å². The molecule has 160 valence electrons. The summed E-state index contributed by atoms with van der Waals surface area (Å²) >= 11 is 5.37. The highest BCUT2D eigenvalue weighted by molar-refractivity contribution is 6.27. The van der Waals surface area contributed by atoms with Crippen molar-refractivity contribution in [2.24, 2.45) is 0 Å². The van der Waals surface area contributed by atoms with Gasteiger partial charge in [0.15, 0.2) is 0 Å². The summed E-state index contributed by atoms with van der Waals surface area (Å²) in [5, 5.41) is 7.80. The predicted octanol–water partition coefficient (Wildman–Crippen LogP) is -0.129. The molecule has 0 radical (unpaired) electrons. The molecule has 0 aromatic heterocycles. The number of hydrogen-bond acceptors (Lipinski definition) is 7. The molecule has 1 fully saturated rings. The Kier molecular flexibility index (Phi) is 7.01. The van der Waals surface area contributed by atoms with E-state index in [4.69, 9.17) is 16.3 Å². The lowest BCUT2D eigenvalue weighted by Crippen LogP contribution is -2.54. The Morgan fingerprint density at radius 2 is 1.93 bits per heavy atom. The fraction of sp³-hybridized carbons (Fsp3) is 0.421. The maximum Gasteiger partial charge on any atom is 0.264 e. The first-order chi connectivity index (χ1) is 14.4. The van der Waals surface area contributed by atoms with Crippen LogP contribution < -0.4 is 16.0 Å². The standard InChI is InChI=1S/C19H21ClN4O6/c20-10-15(26)22-7-9-30-8-6-21-12-3-1-2-11-16(12)19(29)24(18(11)28)13-4-5-14(25)23-17(13)27/h1-3,13,21H,4-10H2,(H,22,26)(H,23,25,27). The lowest BCUT2D eigenvalue weighted by Gasteiger charge is -2.27. The molecule has 30 heavy (non-hydrogen) atoms. The average molecular weight is 437 g/mol. The van der Waals surface area contributed by atoms with Crippen molar-refractivity contribution in [2.75, 3.05) is 37.5 Å². The Balaban J connectivity index is 1.59. The number of anilines is 1. The van der Waals surface area contributed by atoms with E-state index >= 15 is 0 Å². The van der Waals surface area contributed by atoms with Crippen LogP contribution in [0.3, 0.4) is 0 Å². The number of carbonyl (C=O) groups excluding carboxylic acids is 5. The van der Waals surface area contributed by atoms with E-state index < -0.39 is 29.7 Å². The number of alkyl halides is 1. The van der Waals surface area contributed by atoms with Gasteiger partial charge in [0.05, 0.1) is 24.3 Å². The molecule has 1 unspecified atom stereocenters. The van der Waals surface area contributed by atoms with Gasteiger partial charge in [0, 0.05) is 25.2 Å². The normalized spacial score (nSPS) is 18.3. The topological polar surface area (TPSA) is 134 Å². The van der Waals surface area contributed by atoms with E-state index in [1.54, 1.807) is 12.1 Å². The largest absolute Gasteiger partial charge is 0.382 e. The number of ether oxygens (including phenoxy) is 1. The SMILES string of the molecule is O=C(CCl)NCCOCCNc1cccc2c1C(=O)N(C1CCC(=O)NC1=O)C2=O. The number of piperidine rings is 1. The van der Waals surface area contributed by atoms with Gasteiger partial charge in [-0.25, -0.2) is 0 Å². The van der Waals surface area contributed by atoms with Crippen LogP contribution in [0, 0.1) is 0 Å². The minimum Gasteiger partial charge on any atom is -0.382 e. The molecule has 2 aliphatic heterocycles. The van der Waals surface area contributed by atoms with Gasteiger partial charge in [-0.1, -0.05) is 6.07 Å². The van der Waals surface area contributed by atoms with Gasteiger partial charge >= 0.3 is 0 Å².